The van der Waals surface area contributed by atoms with Crippen molar-refractivity contribution in [2.45, 2.75) is 32.8 Å². The smallest absolute Gasteiger partial charge is 0.230 e. The third-order valence-corrected chi connectivity index (χ3v) is 4.29. The standard InChI is InChI=1S/C17H20FN3O2/c1-11-15(20-17(22)13-6-5-9-23-12(13)2)10-19-21(11)16-8-4-3-7-14(16)18/h3-4,7-8,10,12-13H,5-6,9H2,1-2H3,(H,20,22)/t12-,13+/m0/s1. The third kappa shape index (κ3) is 3.12. The summed E-state index contributed by atoms with van der Waals surface area (Å²) in [6.07, 6.45) is 3.16. The van der Waals surface area contributed by atoms with E-state index in [1.165, 1.54) is 10.7 Å². The van der Waals surface area contributed by atoms with Crippen molar-refractivity contribution in [3.8, 4) is 5.69 Å². The predicted molar refractivity (Wildman–Crippen MR) is 85.0 cm³/mol. The fourth-order valence-electron chi connectivity index (χ4n) is 2.89. The number of benzene rings is 1. The van der Waals surface area contributed by atoms with Crippen LogP contribution in [0.2, 0.25) is 0 Å². The highest BCUT2D eigenvalue weighted by Gasteiger charge is 2.29. The molecule has 1 N–H and O–H groups in total. The van der Waals surface area contributed by atoms with E-state index < -0.39 is 0 Å². The van der Waals surface area contributed by atoms with Gasteiger partial charge in [0, 0.05) is 6.61 Å². The number of hydrogen-bond acceptors (Lipinski definition) is 3. The minimum Gasteiger partial charge on any atom is -0.378 e. The lowest BCUT2D eigenvalue weighted by Gasteiger charge is -2.27. The minimum absolute atomic E-state index is 0.0756. The summed E-state index contributed by atoms with van der Waals surface area (Å²) in [5.74, 6) is -0.598. The Morgan fingerprint density at radius 1 is 1.43 bits per heavy atom. The van der Waals surface area contributed by atoms with Crippen molar-refractivity contribution in [2.75, 3.05) is 11.9 Å². The van der Waals surface area contributed by atoms with Crippen LogP contribution in [-0.2, 0) is 9.53 Å². The average Bonchev–Trinajstić information content (AvgIpc) is 2.89. The maximum absolute atomic E-state index is 13.9. The molecular formula is C17H20FN3O2. The number of anilines is 1. The Labute approximate surface area is 134 Å². The zero-order chi connectivity index (χ0) is 16.4. The van der Waals surface area contributed by atoms with Crippen LogP contribution in [0.4, 0.5) is 10.1 Å². The molecule has 0 aliphatic carbocycles. The first-order chi connectivity index (χ1) is 11.1. The molecular weight excluding hydrogens is 297 g/mol. The molecule has 1 aromatic carbocycles. The maximum Gasteiger partial charge on any atom is 0.230 e. The van der Waals surface area contributed by atoms with E-state index >= 15 is 0 Å². The van der Waals surface area contributed by atoms with E-state index in [0.717, 1.165) is 12.8 Å². The number of nitrogens with one attached hydrogen (secondary N) is 1. The monoisotopic (exact) mass is 317 g/mol. The molecule has 0 saturated carbocycles. The second-order valence-corrected chi connectivity index (χ2v) is 5.82. The molecule has 2 atom stereocenters. The van der Waals surface area contributed by atoms with Crippen LogP contribution in [0.15, 0.2) is 30.5 Å². The zero-order valence-corrected chi connectivity index (χ0v) is 13.3. The van der Waals surface area contributed by atoms with Gasteiger partial charge in [-0.05, 0) is 38.8 Å². The highest BCUT2D eigenvalue weighted by atomic mass is 19.1. The number of carbonyl (C=O) groups is 1. The van der Waals surface area contributed by atoms with Crippen LogP contribution in [-0.4, -0.2) is 28.4 Å². The lowest BCUT2D eigenvalue weighted by molar-refractivity contribution is -0.127. The largest absolute Gasteiger partial charge is 0.378 e. The highest BCUT2D eigenvalue weighted by molar-refractivity contribution is 5.93. The van der Waals surface area contributed by atoms with Crippen molar-refractivity contribution < 1.29 is 13.9 Å². The molecule has 1 fully saturated rings. The molecule has 0 unspecified atom stereocenters. The van der Waals surface area contributed by atoms with Gasteiger partial charge in [-0.15, -0.1) is 0 Å². The lowest BCUT2D eigenvalue weighted by Crippen LogP contribution is -2.36. The molecule has 122 valence electrons. The summed E-state index contributed by atoms with van der Waals surface area (Å²) >= 11 is 0. The van der Waals surface area contributed by atoms with Crippen molar-refractivity contribution in [3.63, 3.8) is 0 Å². The molecule has 6 heteroatoms. The van der Waals surface area contributed by atoms with Crippen molar-refractivity contribution in [3.05, 3.63) is 42.0 Å². The summed E-state index contributed by atoms with van der Waals surface area (Å²) in [5, 5.41) is 7.09. The van der Waals surface area contributed by atoms with Crippen molar-refractivity contribution >= 4 is 11.6 Å². The Hall–Kier alpha value is -2.21. The van der Waals surface area contributed by atoms with Crippen molar-refractivity contribution in [2.24, 2.45) is 5.92 Å². The Kier molecular flexibility index (Phi) is 4.43. The Morgan fingerprint density at radius 2 is 2.22 bits per heavy atom. The second kappa shape index (κ2) is 6.50. The van der Waals surface area contributed by atoms with E-state index in [1.807, 2.05) is 6.92 Å². The fourth-order valence-corrected chi connectivity index (χ4v) is 2.89. The van der Waals surface area contributed by atoms with Gasteiger partial charge in [0.25, 0.3) is 0 Å². The van der Waals surface area contributed by atoms with Gasteiger partial charge < -0.3 is 10.1 Å². The molecule has 1 amide bonds. The van der Waals surface area contributed by atoms with Gasteiger partial charge in [-0.1, -0.05) is 12.1 Å². The van der Waals surface area contributed by atoms with E-state index in [4.69, 9.17) is 4.74 Å². The number of nitrogens with zero attached hydrogens (tertiary/aromatic N) is 2. The van der Waals surface area contributed by atoms with Gasteiger partial charge in [0.2, 0.25) is 5.91 Å². The van der Waals surface area contributed by atoms with Gasteiger partial charge >= 0.3 is 0 Å². The molecule has 5 nitrogen and oxygen atoms in total. The minimum atomic E-state index is -0.356. The normalized spacial score (nSPS) is 21.2. The molecule has 2 heterocycles. The van der Waals surface area contributed by atoms with E-state index in [2.05, 4.69) is 10.4 Å². The number of rotatable bonds is 3. The van der Waals surface area contributed by atoms with Crippen LogP contribution in [0.5, 0.6) is 0 Å². The molecule has 1 aliphatic heterocycles. The maximum atomic E-state index is 13.9. The summed E-state index contributed by atoms with van der Waals surface area (Å²) in [6, 6.07) is 6.41. The summed E-state index contributed by atoms with van der Waals surface area (Å²) < 4.78 is 20.9. The molecule has 23 heavy (non-hydrogen) atoms. The van der Waals surface area contributed by atoms with Gasteiger partial charge in [0.1, 0.15) is 11.5 Å². The third-order valence-electron chi connectivity index (χ3n) is 4.29. The van der Waals surface area contributed by atoms with Gasteiger partial charge in [-0.25, -0.2) is 9.07 Å². The van der Waals surface area contributed by atoms with Gasteiger partial charge in [-0.2, -0.15) is 5.10 Å². The number of amides is 1. The summed E-state index contributed by atoms with van der Waals surface area (Å²) in [5.41, 5.74) is 1.64. The van der Waals surface area contributed by atoms with Crippen LogP contribution < -0.4 is 5.32 Å². The number of hydrogen-bond donors (Lipinski definition) is 1. The van der Waals surface area contributed by atoms with Crippen LogP contribution in [0.25, 0.3) is 5.69 Å². The van der Waals surface area contributed by atoms with Crippen LogP contribution in [0, 0.1) is 18.7 Å². The quantitative estimate of drug-likeness (QED) is 0.946. The van der Waals surface area contributed by atoms with E-state index in [-0.39, 0.29) is 23.7 Å². The topological polar surface area (TPSA) is 56.1 Å². The summed E-state index contributed by atoms with van der Waals surface area (Å²) in [7, 11) is 0. The Balaban J connectivity index is 1.80. The zero-order valence-electron chi connectivity index (χ0n) is 13.3. The Bertz CT molecular complexity index is 714. The molecule has 0 spiro atoms. The van der Waals surface area contributed by atoms with E-state index in [9.17, 15) is 9.18 Å². The molecule has 2 aromatic rings. The van der Waals surface area contributed by atoms with Crippen LogP contribution in [0.1, 0.15) is 25.5 Å². The van der Waals surface area contributed by atoms with Gasteiger partial charge in [-0.3, -0.25) is 4.79 Å². The van der Waals surface area contributed by atoms with Crippen molar-refractivity contribution in [1.29, 1.82) is 0 Å². The summed E-state index contributed by atoms with van der Waals surface area (Å²) in [4.78, 5) is 12.4. The van der Waals surface area contributed by atoms with E-state index in [0.29, 0.717) is 23.7 Å². The number of carbonyl (C=O) groups excluding carboxylic acids is 1. The fraction of sp³-hybridized carbons (Fsp3) is 0.412. The van der Waals surface area contributed by atoms with Crippen molar-refractivity contribution in [1.82, 2.24) is 9.78 Å². The molecule has 1 aliphatic rings. The first-order valence-corrected chi connectivity index (χ1v) is 7.80. The number of ether oxygens (including phenoxy) is 1. The number of halogens is 1. The SMILES string of the molecule is Cc1c(NC(=O)[C@@H]2CCCO[C@H]2C)cnn1-c1ccccc1F. The van der Waals surface area contributed by atoms with Gasteiger partial charge in [0.15, 0.2) is 0 Å². The molecule has 1 aromatic heterocycles. The molecule has 3 rings (SSSR count). The van der Waals surface area contributed by atoms with E-state index in [1.54, 1.807) is 31.3 Å². The number of para-hydroxylation sites is 1. The lowest BCUT2D eigenvalue weighted by atomic mass is 9.94. The average molecular weight is 317 g/mol. The Morgan fingerprint density at radius 3 is 2.96 bits per heavy atom. The molecule has 0 radical (unpaired) electrons. The number of aromatic nitrogens is 2. The van der Waals surface area contributed by atoms with Crippen LogP contribution >= 0.6 is 0 Å². The predicted octanol–water partition coefficient (Wildman–Crippen LogP) is 3.07. The first-order valence-electron chi connectivity index (χ1n) is 7.80. The molecule has 0 bridgehead atoms. The van der Waals surface area contributed by atoms with Gasteiger partial charge in [0.05, 0.1) is 29.6 Å². The molecule has 1 saturated heterocycles. The van der Waals surface area contributed by atoms with Crippen LogP contribution in [0.3, 0.4) is 0 Å². The summed E-state index contributed by atoms with van der Waals surface area (Å²) in [6.45, 7) is 4.42. The second-order valence-electron chi connectivity index (χ2n) is 5.82. The highest BCUT2D eigenvalue weighted by Crippen LogP contribution is 2.24. The first kappa shape index (κ1) is 15.7.